The monoisotopic (exact) mass is 347 g/mol. The molecule has 2 aliphatic rings. The maximum Gasteiger partial charge on any atom is 0.352 e. The van der Waals surface area contributed by atoms with Gasteiger partial charge in [-0.25, -0.2) is 4.79 Å². The van der Waals surface area contributed by atoms with Crippen LogP contribution in [-0.2, 0) is 14.4 Å². The number of thioether (sulfide) groups is 1. The van der Waals surface area contributed by atoms with Crippen LogP contribution >= 0.6 is 11.8 Å². The van der Waals surface area contributed by atoms with E-state index in [1.807, 2.05) is 6.07 Å². The maximum absolute atomic E-state index is 12.3. The molecule has 1 fully saturated rings. The van der Waals surface area contributed by atoms with Gasteiger partial charge in [-0.1, -0.05) is 30.3 Å². The molecule has 0 spiro atoms. The van der Waals surface area contributed by atoms with Crippen molar-refractivity contribution in [1.29, 1.82) is 0 Å². The molecule has 1 unspecified atom stereocenters. The summed E-state index contributed by atoms with van der Waals surface area (Å²) in [6.45, 7) is 1.69. The summed E-state index contributed by atoms with van der Waals surface area (Å²) in [5.41, 5.74) is 7.24. The fraction of sp³-hybridized carbons (Fsp3) is 0.312. The molecule has 4 N–H and O–H groups in total. The number of benzene rings is 1. The van der Waals surface area contributed by atoms with Crippen molar-refractivity contribution >= 4 is 29.5 Å². The highest BCUT2D eigenvalue weighted by Gasteiger charge is 2.53. The number of carbonyl (C=O) groups excluding carboxylic acids is 2. The van der Waals surface area contributed by atoms with Crippen molar-refractivity contribution in [2.24, 2.45) is 5.73 Å². The number of amides is 2. The van der Waals surface area contributed by atoms with Gasteiger partial charge in [0.05, 0.1) is 0 Å². The van der Waals surface area contributed by atoms with Crippen LogP contribution in [0.25, 0.3) is 0 Å². The molecule has 1 aromatic carbocycles. The number of carboxylic acid groups (broad SMARTS) is 1. The molecular weight excluding hydrogens is 330 g/mol. The Bertz CT molecular complexity index is 734. The Kier molecular flexibility index (Phi) is 4.33. The van der Waals surface area contributed by atoms with E-state index >= 15 is 0 Å². The van der Waals surface area contributed by atoms with Gasteiger partial charge in [0.1, 0.15) is 23.2 Å². The molecule has 3 rings (SSSR count). The van der Waals surface area contributed by atoms with Gasteiger partial charge < -0.3 is 16.2 Å². The third kappa shape index (κ3) is 2.67. The summed E-state index contributed by atoms with van der Waals surface area (Å²) in [6.07, 6.45) is 0. The molecule has 7 nitrogen and oxygen atoms in total. The second-order valence-corrected chi connectivity index (χ2v) is 6.82. The molecular formula is C16H17N3O4S. The van der Waals surface area contributed by atoms with E-state index in [-0.39, 0.29) is 5.70 Å². The molecule has 0 radical (unpaired) electrons. The van der Waals surface area contributed by atoms with Gasteiger partial charge >= 0.3 is 5.97 Å². The molecule has 2 amide bonds. The smallest absolute Gasteiger partial charge is 0.352 e. The van der Waals surface area contributed by atoms with Crippen LogP contribution in [0.15, 0.2) is 41.6 Å². The summed E-state index contributed by atoms with van der Waals surface area (Å²) >= 11 is 1.43. The van der Waals surface area contributed by atoms with Gasteiger partial charge in [0.15, 0.2) is 0 Å². The Balaban J connectivity index is 1.71. The lowest BCUT2D eigenvalue weighted by molar-refractivity contribution is -0.150. The number of carbonyl (C=O) groups is 3. The van der Waals surface area contributed by atoms with Crippen LogP contribution in [0.1, 0.15) is 18.5 Å². The number of carboxylic acids is 1. The summed E-state index contributed by atoms with van der Waals surface area (Å²) in [5.74, 6) is -1.50. The summed E-state index contributed by atoms with van der Waals surface area (Å²) in [5, 5.41) is 11.5. The van der Waals surface area contributed by atoms with Gasteiger partial charge in [0, 0.05) is 5.75 Å². The third-order valence-electron chi connectivity index (χ3n) is 4.10. The summed E-state index contributed by atoms with van der Waals surface area (Å²) in [6, 6.07) is 7.23. The Morgan fingerprint density at radius 3 is 2.67 bits per heavy atom. The van der Waals surface area contributed by atoms with Gasteiger partial charge in [-0.3, -0.25) is 14.5 Å². The minimum absolute atomic E-state index is 0.0154. The van der Waals surface area contributed by atoms with Crippen molar-refractivity contribution in [3.05, 3.63) is 47.2 Å². The SMILES string of the molecule is CC1=C(C(=O)O)N2C(=O)[C@@H](NC(=O)C(N)c3ccccc3)[C@@H]2SC1. The first kappa shape index (κ1) is 16.5. The lowest BCUT2D eigenvalue weighted by atomic mass is 10.0. The van der Waals surface area contributed by atoms with Crippen molar-refractivity contribution in [2.45, 2.75) is 24.4 Å². The fourth-order valence-corrected chi connectivity index (χ4v) is 4.12. The molecule has 1 saturated heterocycles. The highest BCUT2D eigenvalue weighted by Crippen LogP contribution is 2.40. The number of nitrogens with two attached hydrogens (primary N) is 1. The summed E-state index contributed by atoms with van der Waals surface area (Å²) < 4.78 is 0. The van der Waals surface area contributed by atoms with Crippen molar-refractivity contribution in [3.8, 4) is 0 Å². The Morgan fingerprint density at radius 1 is 1.38 bits per heavy atom. The molecule has 0 aliphatic carbocycles. The van der Waals surface area contributed by atoms with Crippen molar-refractivity contribution in [1.82, 2.24) is 10.2 Å². The highest BCUT2D eigenvalue weighted by molar-refractivity contribution is 8.00. The molecule has 1 aromatic rings. The number of hydrogen-bond acceptors (Lipinski definition) is 5. The first-order valence-electron chi connectivity index (χ1n) is 7.40. The molecule has 0 saturated carbocycles. The van der Waals surface area contributed by atoms with Crippen LogP contribution in [0.2, 0.25) is 0 Å². The average Bonchev–Trinajstić information content (AvgIpc) is 2.59. The van der Waals surface area contributed by atoms with Crippen LogP contribution in [-0.4, -0.2) is 45.0 Å². The Hall–Kier alpha value is -2.32. The number of aliphatic carboxylic acids is 1. The summed E-state index contributed by atoms with van der Waals surface area (Å²) in [4.78, 5) is 37.2. The standard InChI is InChI=1S/C16H17N3O4S/c1-8-7-24-15-11(14(21)19(15)12(8)16(22)23)18-13(20)10(17)9-5-3-2-4-6-9/h2-6,10-11,15H,7,17H2,1H3,(H,18,20)(H,22,23)/t10?,11-,15+/m1/s1. The molecule has 2 aliphatic heterocycles. The number of rotatable bonds is 4. The van der Waals surface area contributed by atoms with Crippen LogP contribution in [0.3, 0.4) is 0 Å². The lowest BCUT2D eigenvalue weighted by Crippen LogP contribution is -2.71. The maximum atomic E-state index is 12.3. The molecule has 0 aromatic heterocycles. The highest BCUT2D eigenvalue weighted by atomic mass is 32.2. The molecule has 2 heterocycles. The average molecular weight is 347 g/mol. The Morgan fingerprint density at radius 2 is 2.04 bits per heavy atom. The first-order valence-corrected chi connectivity index (χ1v) is 8.45. The van der Waals surface area contributed by atoms with Gasteiger partial charge in [-0.2, -0.15) is 0 Å². The van der Waals surface area contributed by atoms with Crippen LogP contribution in [0, 0.1) is 0 Å². The quantitative estimate of drug-likeness (QED) is 0.682. The van der Waals surface area contributed by atoms with E-state index in [0.717, 1.165) is 0 Å². The van der Waals surface area contributed by atoms with E-state index in [1.165, 1.54) is 16.7 Å². The topological polar surface area (TPSA) is 113 Å². The molecule has 0 bridgehead atoms. The molecule has 126 valence electrons. The third-order valence-corrected chi connectivity index (χ3v) is 5.52. The van der Waals surface area contributed by atoms with Crippen LogP contribution < -0.4 is 11.1 Å². The van der Waals surface area contributed by atoms with Gasteiger partial charge in [0.2, 0.25) is 5.91 Å². The lowest BCUT2D eigenvalue weighted by Gasteiger charge is -2.49. The zero-order valence-corrected chi connectivity index (χ0v) is 13.7. The number of fused-ring (bicyclic) bond motifs is 1. The second kappa shape index (κ2) is 6.29. The van der Waals surface area contributed by atoms with Gasteiger partial charge in [-0.05, 0) is 18.1 Å². The zero-order valence-electron chi connectivity index (χ0n) is 12.9. The number of β-lactam (4-membered cyclic amide) rings is 1. The fourth-order valence-electron chi connectivity index (χ4n) is 2.83. The van der Waals surface area contributed by atoms with E-state index < -0.39 is 35.2 Å². The van der Waals surface area contributed by atoms with E-state index in [1.54, 1.807) is 31.2 Å². The predicted octanol–water partition coefficient (Wildman–Crippen LogP) is 0.445. The van der Waals surface area contributed by atoms with Crippen LogP contribution in [0.5, 0.6) is 0 Å². The summed E-state index contributed by atoms with van der Waals surface area (Å²) in [7, 11) is 0. The van der Waals surface area contributed by atoms with Gasteiger partial charge in [-0.15, -0.1) is 11.8 Å². The number of nitrogens with one attached hydrogen (secondary N) is 1. The van der Waals surface area contributed by atoms with Crippen LogP contribution in [0.4, 0.5) is 0 Å². The van der Waals surface area contributed by atoms with E-state index in [9.17, 15) is 19.5 Å². The number of nitrogens with zero attached hydrogens (tertiary/aromatic N) is 1. The van der Waals surface area contributed by atoms with Crippen molar-refractivity contribution in [2.75, 3.05) is 5.75 Å². The normalized spacial score (nSPS) is 24.1. The Labute approximate surface area is 142 Å². The van der Waals surface area contributed by atoms with Crippen molar-refractivity contribution in [3.63, 3.8) is 0 Å². The van der Waals surface area contributed by atoms with E-state index in [0.29, 0.717) is 16.9 Å². The largest absolute Gasteiger partial charge is 0.477 e. The molecule has 24 heavy (non-hydrogen) atoms. The minimum atomic E-state index is -1.13. The zero-order chi connectivity index (χ0) is 17.4. The van der Waals surface area contributed by atoms with Gasteiger partial charge in [0.25, 0.3) is 5.91 Å². The molecule has 3 atom stereocenters. The molecule has 8 heteroatoms. The van der Waals surface area contributed by atoms with Crippen molar-refractivity contribution < 1.29 is 19.5 Å². The van der Waals surface area contributed by atoms with E-state index in [4.69, 9.17) is 5.73 Å². The second-order valence-electron chi connectivity index (χ2n) is 5.72. The predicted molar refractivity (Wildman–Crippen MR) is 88.7 cm³/mol. The number of hydrogen-bond donors (Lipinski definition) is 3. The minimum Gasteiger partial charge on any atom is -0.477 e. The van der Waals surface area contributed by atoms with E-state index in [2.05, 4.69) is 5.32 Å². The first-order chi connectivity index (χ1) is 11.4.